The van der Waals surface area contributed by atoms with E-state index in [4.69, 9.17) is 10.8 Å². The molecule has 12 amide bonds. The van der Waals surface area contributed by atoms with Crippen LogP contribution in [0.1, 0.15) is 81.6 Å². The Morgan fingerprint density at radius 1 is 0.375 bits per heavy atom. The van der Waals surface area contributed by atoms with Crippen molar-refractivity contribution < 1.29 is 87.9 Å². The normalized spacial score (nSPS) is 16.4. The van der Waals surface area contributed by atoms with Gasteiger partial charge in [0.25, 0.3) is 0 Å². The van der Waals surface area contributed by atoms with E-state index in [1.165, 1.54) is 72.0 Å². The van der Waals surface area contributed by atoms with Crippen LogP contribution in [0.4, 0.5) is 0 Å². The van der Waals surface area contributed by atoms with Crippen LogP contribution < -0.4 is 69.5 Å². The van der Waals surface area contributed by atoms with Crippen LogP contribution in [-0.2, 0) is 62.3 Å². The lowest BCUT2D eigenvalue weighted by Crippen LogP contribution is -2.61. The number of thioether (sulfide) groups is 2. The molecule has 456 valence electrons. The summed E-state index contributed by atoms with van der Waals surface area (Å²) in [4.78, 5) is 168. The molecule has 0 rings (SSSR count). The SMILES string of the molecule is CSCC[C@H](NC(=O)[C@H](CO)NC(=O)[C@H](C)NC(=O)[C@H](C)NC(=O)[C@H](C)NC(=O)[C@H](C)NC(=O)[C@H](C)NC(=O)[C@H](CCSC)NC(=O)[C@@H](NC(=O)[C@H](C)NC(=O)[C@H](CO)NC(=O)[C@@H](N)CC(C)C)[C@@H](C)O)C(=O)N[C@@H](CO)C(=O)O. The minimum absolute atomic E-state index is 0.00532. The lowest BCUT2D eigenvalue weighted by molar-refractivity contribution is -0.143. The first-order valence-electron chi connectivity index (χ1n) is 25.4. The summed E-state index contributed by atoms with van der Waals surface area (Å²) in [6.07, 6.45) is 2.19. The lowest BCUT2D eigenvalue weighted by Gasteiger charge is -2.27. The molecule has 19 N–H and O–H groups in total. The third-order valence-corrected chi connectivity index (χ3v) is 12.8. The first-order chi connectivity index (χ1) is 37.3. The second-order valence-electron chi connectivity index (χ2n) is 19.1. The van der Waals surface area contributed by atoms with Crippen molar-refractivity contribution in [2.24, 2.45) is 11.7 Å². The minimum Gasteiger partial charge on any atom is -0.480 e. The van der Waals surface area contributed by atoms with Crippen molar-refractivity contribution in [1.82, 2.24) is 63.8 Å². The molecule has 14 atom stereocenters. The average molecular weight is 1180 g/mol. The van der Waals surface area contributed by atoms with Crippen LogP contribution in [0.3, 0.4) is 0 Å². The molecular weight excluding hydrogens is 1100 g/mol. The van der Waals surface area contributed by atoms with Crippen molar-refractivity contribution in [2.75, 3.05) is 43.8 Å². The van der Waals surface area contributed by atoms with Crippen LogP contribution in [0.5, 0.6) is 0 Å². The van der Waals surface area contributed by atoms with Gasteiger partial charge in [-0.3, -0.25) is 57.5 Å². The fourth-order valence-electron chi connectivity index (χ4n) is 6.64. The maximum Gasteiger partial charge on any atom is 0.328 e. The van der Waals surface area contributed by atoms with Crippen LogP contribution in [0.2, 0.25) is 0 Å². The van der Waals surface area contributed by atoms with E-state index in [0.29, 0.717) is 17.9 Å². The van der Waals surface area contributed by atoms with E-state index in [1.807, 2.05) is 13.8 Å². The number of aliphatic hydroxyl groups excluding tert-OH is 4. The molecule has 0 aliphatic rings. The highest BCUT2D eigenvalue weighted by Gasteiger charge is 2.35. The molecule has 0 fully saturated rings. The van der Waals surface area contributed by atoms with Crippen LogP contribution in [-0.4, -0.2) is 231 Å². The van der Waals surface area contributed by atoms with Gasteiger partial charge in [0.2, 0.25) is 70.9 Å². The van der Waals surface area contributed by atoms with E-state index < -0.39 is 181 Å². The minimum atomic E-state index is -1.67. The first kappa shape index (κ1) is 73.6. The summed E-state index contributed by atoms with van der Waals surface area (Å²) in [5, 5.41) is 76.4. The third-order valence-electron chi connectivity index (χ3n) is 11.6. The number of hydrogen-bond acceptors (Lipinski definition) is 20. The highest BCUT2D eigenvalue weighted by Crippen LogP contribution is 2.07. The zero-order valence-electron chi connectivity index (χ0n) is 46.8. The van der Waals surface area contributed by atoms with Gasteiger partial charge in [-0.2, -0.15) is 23.5 Å². The van der Waals surface area contributed by atoms with Crippen LogP contribution in [0.15, 0.2) is 0 Å². The molecule has 0 aliphatic heterocycles. The molecule has 0 heterocycles. The van der Waals surface area contributed by atoms with Gasteiger partial charge >= 0.3 is 5.97 Å². The van der Waals surface area contributed by atoms with Crippen molar-refractivity contribution in [1.29, 1.82) is 0 Å². The number of aliphatic carboxylic acids is 1. The molecule has 0 spiro atoms. The Kier molecular flexibility index (Phi) is 34.5. The number of carboxylic acid groups (broad SMARTS) is 1. The Labute approximate surface area is 472 Å². The van der Waals surface area contributed by atoms with Gasteiger partial charge in [-0.25, -0.2) is 4.79 Å². The van der Waals surface area contributed by atoms with Crippen LogP contribution in [0.25, 0.3) is 0 Å². The highest BCUT2D eigenvalue weighted by atomic mass is 32.2. The number of carbonyl (C=O) groups excluding carboxylic acids is 12. The predicted molar refractivity (Wildman–Crippen MR) is 291 cm³/mol. The Hall–Kier alpha value is -6.39. The molecule has 0 unspecified atom stereocenters. The zero-order chi connectivity index (χ0) is 61.7. The molecule has 0 aromatic heterocycles. The van der Waals surface area contributed by atoms with Crippen molar-refractivity contribution in [3.63, 3.8) is 0 Å². The largest absolute Gasteiger partial charge is 0.480 e. The van der Waals surface area contributed by atoms with Crippen molar-refractivity contribution in [2.45, 2.75) is 166 Å². The number of nitrogens with one attached hydrogen (secondary N) is 12. The lowest BCUT2D eigenvalue weighted by atomic mass is 10.0. The predicted octanol–water partition coefficient (Wildman–Crippen LogP) is -7.75. The number of carbonyl (C=O) groups is 13. The number of amides is 12. The van der Waals surface area contributed by atoms with Gasteiger partial charge < -0.3 is 95.1 Å². The van der Waals surface area contributed by atoms with Gasteiger partial charge in [0.15, 0.2) is 0 Å². The summed E-state index contributed by atoms with van der Waals surface area (Å²) >= 11 is 2.61. The van der Waals surface area contributed by atoms with Crippen LogP contribution >= 0.6 is 23.5 Å². The second-order valence-corrected chi connectivity index (χ2v) is 21.1. The molecule has 0 aromatic carbocycles. The fraction of sp³-hybridized carbons (Fsp3) is 0.723. The van der Waals surface area contributed by atoms with E-state index in [0.717, 1.165) is 0 Å². The molecule has 80 heavy (non-hydrogen) atoms. The topological polar surface area (TPSA) is 493 Å². The van der Waals surface area contributed by atoms with Crippen molar-refractivity contribution >= 4 is 100 Å². The molecule has 31 nitrogen and oxygen atoms in total. The highest BCUT2D eigenvalue weighted by molar-refractivity contribution is 7.98. The number of carboxylic acids is 1. The molecule has 33 heteroatoms. The van der Waals surface area contributed by atoms with E-state index in [2.05, 4.69) is 63.8 Å². The molecule has 0 aromatic rings. The maximum absolute atomic E-state index is 13.5. The Balaban J connectivity index is 5.50. The molecule has 0 aliphatic carbocycles. The molecular formula is C47H83N13O18S2. The monoisotopic (exact) mass is 1180 g/mol. The molecule has 0 bridgehead atoms. The molecule has 0 radical (unpaired) electrons. The van der Waals surface area contributed by atoms with Crippen molar-refractivity contribution in [3.05, 3.63) is 0 Å². The third kappa shape index (κ3) is 26.7. The zero-order valence-corrected chi connectivity index (χ0v) is 48.4. The Morgan fingerprint density at radius 2 is 0.637 bits per heavy atom. The average Bonchev–Trinajstić information content (AvgIpc) is 3.38. The summed E-state index contributed by atoms with van der Waals surface area (Å²) in [7, 11) is 0. The number of rotatable bonds is 37. The van der Waals surface area contributed by atoms with E-state index in [-0.39, 0.29) is 18.8 Å². The van der Waals surface area contributed by atoms with Gasteiger partial charge in [0, 0.05) is 0 Å². The summed E-state index contributed by atoms with van der Waals surface area (Å²) in [6.45, 7) is 9.63. The Morgan fingerprint density at radius 3 is 0.963 bits per heavy atom. The van der Waals surface area contributed by atoms with Crippen LogP contribution in [0, 0.1) is 5.92 Å². The second kappa shape index (κ2) is 37.5. The van der Waals surface area contributed by atoms with Gasteiger partial charge in [0.05, 0.1) is 32.0 Å². The van der Waals surface area contributed by atoms with Gasteiger partial charge in [-0.15, -0.1) is 0 Å². The fourth-order valence-corrected chi connectivity index (χ4v) is 7.58. The van der Waals surface area contributed by atoms with Gasteiger partial charge in [-0.05, 0) is 97.7 Å². The number of nitrogens with two attached hydrogens (primary N) is 1. The van der Waals surface area contributed by atoms with Gasteiger partial charge in [-0.1, -0.05) is 13.8 Å². The summed E-state index contributed by atoms with van der Waals surface area (Å²) in [5.41, 5.74) is 5.86. The summed E-state index contributed by atoms with van der Waals surface area (Å²) in [6, 6.07) is -18.1. The Bertz CT molecular complexity index is 2150. The first-order valence-corrected chi connectivity index (χ1v) is 28.2. The maximum atomic E-state index is 13.5. The van der Waals surface area contributed by atoms with E-state index >= 15 is 0 Å². The number of hydrogen-bond donors (Lipinski definition) is 18. The smallest absolute Gasteiger partial charge is 0.328 e. The number of aliphatic hydroxyl groups is 4. The van der Waals surface area contributed by atoms with Crippen molar-refractivity contribution in [3.8, 4) is 0 Å². The molecule has 0 saturated carbocycles. The quantitative estimate of drug-likeness (QED) is 0.0275. The van der Waals surface area contributed by atoms with E-state index in [1.54, 1.807) is 12.5 Å². The molecule has 0 saturated heterocycles. The van der Waals surface area contributed by atoms with E-state index in [9.17, 15) is 82.8 Å². The summed E-state index contributed by atoms with van der Waals surface area (Å²) in [5.74, 6) is -11.8. The van der Waals surface area contributed by atoms with Gasteiger partial charge in [0.1, 0.15) is 72.5 Å². The summed E-state index contributed by atoms with van der Waals surface area (Å²) < 4.78 is 0. The standard InChI is InChI=1S/C47H83N13O18S2/c1-20(2)16-28(48)41(71)58-31(17-61)44(74)54-26(8)40(70)60-34(27(9)64)46(76)56-29(12-14-79-10)42(72)53-24(6)38(68)51-22(4)36(66)49-21(3)35(65)50-23(5)37(67)52-25(7)39(69)57-32(18-62)45(75)55-30(13-15-80-11)43(73)59-33(19-63)47(77)78/h20-34,61-64H,12-19,48H2,1-11H3,(H,49,66)(H,50,65)(H,51,68)(H,52,67)(H,53,72)(H,54,74)(H,55,75)(H,56,76)(H,57,69)(H,58,71)(H,59,73)(H,60,70)(H,77,78)/t21-,22-,23-,24-,25-,26-,27+,28-,29-,30-,31-,32-,33-,34-/m0/s1.